The first kappa shape index (κ1) is 23.1. The lowest BCUT2D eigenvalue weighted by Gasteiger charge is -2.27. The van der Waals surface area contributed by atoms with Crippen LogP contribution < -0.4 is 5.73 Å². The van der Waals surface area contributed by atoms with Crippen LogP contribution in [0.15, 0.2) is 75.5 Å². The zero-order valence-electron chi connectivity index (χ0n) is 17.4. The van der Waals surface area contributed by atoms with Gasteiger partial charge >= 0.3 is 0 Å². The molecule has 0 aromatic heterocycles. The van der Waals surface area contributed by atoms with Gasteiger partial charge in [-0.15, -0.1) is 0 Å². The van der Waals surface area contributed by atoms with Gasteiger partial charge in [0.1, 0.15) is 12.4 Å². The molecule has 2 aliphatic carbocycles. The third-order valence-corrected chi connectivity index (χ3v) is 5.23. The highest BCUT2D eigenvalue weighted by atomic mass is 35.5. The van der Waals surface area contributed by atoms with Crippen molar-refractivity contribution < 1.29 is 19.1 Å². The van der Waals surface area contributed by atoms with Crippen molar-refractivity contribution in [2.45, 2.75) is 19.3 Å². The second kappa shape index (κ2) is 10.6. The lowest BCUT2D eigenvalue weighted by molar-refractivity contribution is -0.131. The van der Waals surface area contributed by atoms with Gasteiger partial charge in [-0.25, -0.2) is 0 Å². The first-order valence-corrected chi connectivity index (χ1v) is 10.4. The van der Waals surface area contributed by atoms with Gasteiger partial charge in [-0.1, -0.05) is 24.3 Å². The van der Waals surface area contributed by atoms with E-state index in [0.717, 1.165) is 5.57 Å². The fourth-order valence-corrected chi connectivity index (χ4v) is 3.78. The van der Waals surface area contributed by atoms with Gasteiger partial charge < -0.3 is 20.1 Å². The van der Waals surface area contributed by atoms with Crippen LogP contribution in [-0.2, 0) is 19.1 Å². The van der Waals surface area contributed by atoms with Crippen molar-refractivity contribution in [1.29, 1.82) is 5.26 Å². The fourth-order valence-electron chi connectivity index (χ4n) is 3.51. The molecule has 9 heteroatoms. The van der Waals surface area contributed by atoms with E-state index in [4.69, 9.17) is 26.8 Å². The topological polar surface area (TPSA) is 118 Å². The lowest BCUT2D eigenvalue weighted by atomic mass is 9.95. The van der Waals surface area contributed by atoms with Crippen LogP contribution in [0.25, 0.3) is 0 Å². The molecule has 0 saturated heterocycles. The Bertz CT molecular complexity index is 1040. The van der Waals surface area contributed by atoms with Crippen molar-refractivity contribution in [3.8, 4) is 6.07 Å². The third kappa shape index (κ3) is 5.99. The molecule has 1 unspecified atom stereocenters. The third-order valence-electron chi connectivity index (χ3n) is 5.00. The van der Waals surface area contributed by atoms with E-state index in [0.29, 0.717) is 47.0 Å². The molecule has 1 heterocycles. The number of nitrogens with zero attached hydrogens (tertiary/aromatic N) is 3. The largest absolute Gasteiger partial charge is 0.493 e. The van der Waals surface area contributed by atoms with Crippen LogP contribution in [0.1, 0.15) is 19.3 Å². The van der Waals surface area contributed by atoms with E-state index in [1.165, 1.54) is 6.20 Å². The highest BCUT2D eigenvalue weighted by Gasteiger charge is 2.29. The van der Waals surface area contributed by atoms with Crippen molar-refractivity contribution in [2.75, 3.05) is 19.8 Å². The van der Waals surface area contributed by atoms with Gasteiger partial charge in [0.2, 0.25) is 5.91 Å². The first-order chi connectivity index (χ1) is 15.4. The average Bonchev–Trinajstić information content (AvgIpc) is 2.81. The number of carbonyl (C=O) groups is 2. The monoisotopic (exact) mass is 454 g/mol. The number of carbonyl (C=O) groups excluding carboxylic acids is 2. The van der Waals surface area contributed by atoms with Crippen LogP contribution in [0.3, 0.4) is 0 Å². The highest BCUT2D eigenvalue weighted by Crippen LogP contribution is 2.31. The summed E-state index contributed by atoms with van der Waals surface area (Å²) >= 11 is 6.21. The maximum Gasteiger partial charge on any atom is 0.255 e. The molecule has 1 aliphatic heterocycles. The molecule has 2 amide bonds. The van der Waals surface area contributed by atoms with Crippen molar-refractivity contribution in [3.05, 3.63) is 70.5 Å². The number of amides is 2. The SMILES string of the molecule is C=C/N=C\C1=C/N(CC2=C(OCC(N)=O)C=C(C#N)CC2)C(=O)C2C=C(Cl)C=C(C2)OC1. The fraction of sp³-hybridized carbons (Fsp3) is 0.304. The minimum Gasteiger partial charge on any atom is -0.493 e. The number of fused-ring (bicyclic) bond motifs is 2. The molecule has 32 heavy (non-hydrogen) atoms. The minimum atomic E-state index is -0.630. The van der Waals surface area contributed by atoms with Crippen LogP contribution >= 0.6 is 11.6 Å². The summed E-state index contributed by atoms with van der Waals surface area (Å²) in [6, 6.07) is 2.11. The van der Waals surface area contributed by atoms with Crippen LogP contribution in [0.5, 0.6) is 0 Å². The number of nitrogens with two attached hydrogens (primary N) is 1. The summed E-state index contributed by atoms with van der Waals surface area (Å²) in [5.74, 6) is -0.281. The number of hydrogen-bond donors (Lipinski definition) is 1. The lowest BCUT2D eigenvalue weighted by Crippen LogP contribution is -2.34. The average molecular weight is 455 g/mol. The van der Waals surface area contributed by atoms with Crippen molar-refractivity contribution >= 4 is 29.6 Å². The van der Waals surface area contributed by atoms with E-state index in [1.54, 1.807) is 35.5 Å². The second-order valence-corrected chi connectivity index (χ2v) is 7.83. The van der Waals surface area contributed by atoms with Crippen LogP contribution in [0.2, 0.25) is 0 Å². The molecule has 0 radical (unpaired) electrons. The summed E-state index contributed by atoms with van der Waals surface area (Å²) < 4.78 is 11.4. The van der Waals surface area contributed by atoms with E-state index in [-0.39, 0.29) is 25.7 Å². The Morgan fingerprint density at radius 1 is 1.47 bits per heavy atom. The molecule has 3 aliphatic rings. The zero-order chi connectivity index (χ0) is 23.1. The molecular weight excluding hydrogens is 432 g/mol. The van der Waals surface area contributed by atoms with Gasteiger partial charge in [0.15, 0.2) is 6.61 Å². The Morgan fingerprint density at radius 2 is 2.28 bits per heavy atom. The number of aliphatic imine (C=N–C) groups is 1. The van der Waals surface area contributed by atoms with Gasteiger partial charge in [-0.2, -0.15) is 5.26 Å². The van der Waals surface area contributed by atoms with Crippen molar-refractivity contribution in [3.63, 3.8) is 0 Å². The summed E-state index contributed by atoms with van der Waals surface area (Å²) in [4.78, 5) is 30.3. The Morgan fingerprint density at radius 3 is 3.00 bits per heavy atom. The maximum atomic E-state index is 13.4. The van der Waals surface area contributed by atoms with Crippen molar-refractivity contribution in [1.82, 2.24) is 4.90 Å². The maximum absolute atomic E-state index is 13.4. The molecule has 2 N–H and O–H groups in total. The number of ether oxygens (including phenoxy) is 2. The van der Waals surface area contributed by atoms with Crippen LogP contribution in [-0.4, -0.2) is 42.7 Å². The van der Waals surface area contributed by atoms with Crippen LogP contribution in [0, 0.1) is 17.2 Å². The van der Waals surface area contributed by atoms with Gasteiger partial charge in [0.25, 0.3) is 5.91 Å². The van der Waals surface area contributed by atoms with E-state index in [2.05, 4.69) is 17.6 Å². The molecular formula is C23H23ClN4O4. The second-order valence-electron chi connectivity index (χ2n) is 7.40. The number of nitriles is 1. The normalized spacial score (nSPS) is 22.8. The molecule has 166 valence electrons. The number of rotatable bonds is 7. The molecule has 0 saturated carbocycles. The Labute approximate surface area is 191 Å². The highest BCUT2D eigenvalue weighted by molar-refractivity contribution is 6.31. The quantitative estimate of drug-likeness (QED) is 0.593. The summed E-state index contributed by atoms with van der Waals surface area (Å²) in [6.07, 6.45) is 11.1. The molecule has 0 aromatic rings. The first-order valence-electron chi connectivity index (χ1n) is 9.99. The number of halogens is 1. The molecule has 2 bridgehead atoms. The predicted octanol–water partition coefficient (Wildman–Crippen LogP) is 2.97. The Kier molecular flexibility index (Phi) is 7.68. The summed E-state index contributed by atoms with van der Waals surface area (Å²) in [5, 5.41) is 9.69. The molecule has 0 fully saturated rings. The van der Waals surface area contributed by atoms with Crippen molar-refractivity contribution in [2.24, 2.45) is 16.6 Å². The van der Waals surface area contributed by atoms with Gasteiger partial charge in [0.05, 0.1) is 24.3 Å². The zero-order valence-corrected chi connectivity index (χ0v) is 18.2. The molecule has 0 spiro atoms. The minimum absolute atomic E-state index is 0.166. The van der Waals surface area contributed by atoms with Gasteiger partial charge in [-0.3, -0.25) is 14.6 Å². The molecule has 8 nitrogen and oxygen atoms in total. The summed E-state index contributed by atoms with van der Waals surface area (Å²) in [6.45, 7) is 3.66. The van der Waals surface area contributed by atoms with Gasteiger partial charge in [0, 0.05) is 41.2 Å². The standard InChI is InChI=1S/C23H23ClN4O4/c1-2-27-10-16-11-28(23(30)18-6-19(24)8-20(7-18)31-13-16)12-17-4-3-15(9-25)5-21(17)32-14-22(26)29/h2,5-6,8,10-11,18H,1,3-4,7,12-14H2,(H2,26,29)/b16-11+,27-10-. The van der Waals surface area contributed by atoms with E-state index < -0.39 is 11.8 Å². The van der Waals surface area contributed by atoms with E-state index in [9.17, 15) is 14.9 Å². The molecule has 1 atom stereocenters. The Balaban J connectivity index is 1.98. The smallest absolute Gasteiger partial charge is 0.255 e. The number of primary amides is 1. The number of allylic oxidation sites excluding steroid dienone is 5. The summed E-state index contributed by atoms with van der Waals surface area (Å²) in [7, 11) is 0. The molecule has 0 aromatic carbocycles. The molecule has 3 rings (SSSR count). The van der Waals surface area contributed by atoms with E-state index >= 15 is 0 Å². The van der Waals surface area contributed by atoms with E-state index in [1.807, 2.05) is 0 Å². The Hall–Kier alpha value is -3.57. The predicted molar refractivity (Wildman–Crippen MR) is 120 cm³/mol. The van der Waals surface area contributed by atoms with Gasteiger partial charge in [-0.05, 0) is 30.6 Å². The number of hydrogen-bond acceptors (Lipinski definition) is 6. The summed E-state index contributed by atoms with van der Waals surface area (Å²) in [5.41, 5.74) is 7.18. The van der Waals surface area contributed by atoms with Crippen LogP contribution in [0.4, 0.5) is 0 Å².